The zero-order valence-corrected chi connectivity index (χ0v) is 17.9. The number of aromatic amines is 1. The van der Waals surface area contributed by atoms with Crippen molar-refractivity contribution in [1.82, 2.24) is 10.3 Å². The highest BCUT2D eigenvalue weighted by atomic mass is 79.9. The average Bonchev–Trinajstić information content (AvgIpc) is 2.72. The van der Waals surface area contributed by atoms with Gasteiger partial charge in [0.1, 0.15) is 5.56 Å². The maximum atomic E-state index is 13.0. The molecule has 0 atom stereocenters. The van der Waals surface area contributed by atoms with Gasteiger partial charge in [-0.1, -0.05) is 22.0 Å². The Bertz CT molecular complexity index is 1250. The van der Waals surface area contributed by atoms with Gasteiger partial charge in [0.25, 0.3) is 15.9 Å². The highest BCUT2D eigenvalue weighted by Crippen LogP contribution is 2.25. The summed E-state index contributed by atoms with van der Waals surface area (Å²) < 4.78 is 28.0. The lowest BCUT2D eigenvalue weighted by Crippen LogP contribution is -2.29. The Hall–Kier alpha value is -2.91. The minimum absolute atomic E-state index is 0.0513. The van der Waals surface area contributed by atoms with E-state index in [1.807, 2.05) is 0 Å². The van der Waals surface area contributed by atoms with Crippen LogP contribution in [0.2, 0.25) is 0 Å². The van der Waals surface area contributed by atoms with Gasteiger partial charge in [-0.15, -0.1) is 6.58 Å². The third-order valence-electron chi connectivity index (χ3n) is 4.35. The fourth-order valence-corrected chi connectivity index (χ4v) is 4.22. The summed E-state index contributed by atoms with van der Waals surface area (Å²) in [7, 11) is -2.47. The second-order valence-corrected chi connectivity index (χ2v) is 9.07. The van der Waals surface area contributed by atoms with E-state index in [2.05, 4.69) is 32.8 Å². The van der Waals surface area contributed by atoms with E-state index >= 15 is 0 Å². The first-order chi connectivity index (χ1) is 13.8. The second kappa shape index (κ2) is 8.22. The van der Waals surface area contributed by atoms with Crippen LogP contribution in [0.1, 0.15) is 10.4 Å². The first-order valence-corrected chi connectivity index (χ1v) is 10.8. The van der Waals surface area contributed by atoms with Gasteiger partial charge in [-0.2, -0.15) is 0 Å². The molecule has 0 radical (unpaired) electrons. The van der Waals surface area contributed by atoms with Crippen molar-refractivity contribution in [1.29, 1.82) is 0 Å². The van der Waals surface area contributed by atoms with Crippen molar-refractivity contribution < 1.29 is 13.2 Å². The number of fused-ring (bicyclic) bond motifs is 1. The Morgan fingerprint density at radius 3 is 2.59 bits per heavy atom. The zero-order chi connectivity index (χ0) is 21.2. The van der Waals surface area contributed by atoms with Gasteiger partial charge in [-0.25, -0.2) is 8.42 Å². The third kappa shape index (κ3) is 4.10. The summed E-state index contributed by atoms with van der Waals surface area (Å²) in [4.78, 5) is 27.7. The molecule has 3 aromatic rings. The molecular formula is C20H18BrN3O4S. The van der Waals surface area contributed by atoms with Gasteiger partial charge in [0.15, 0.2) is 0 Å². The van der Waals surface area contributed by atoms with Gasteiger partial charge >= 0.3 is 0 Å². The van der Waals surface area contributed by atoms with Crippen molar-refractivity contribution >= 4 is 48.5 Å². The quantitative estimate of drug-likeness (QED) is 0.535. The van der Waals surface area contributed by atoms with Crippen LogP contribution < -0.4 is 15.1 Å². The SMILES string of the molecule is C=CCNC(=O)c1c[nH]c2ccc(S(=O)(=O)N(C)c3ccc(Br)cc3)cc2c1=O. The number of carbonyl (C=O) groups is 1. The summed E-state index contributed by atoms with van der Waals surface area (Å²) in [5.74, 6) is -0.562. The third-order valence-corrected chi connectivity index (χ3v) is 6.66. The van der Waals surface area contributed by atoms with Crippen molar-refractivity contribution in [2.45, 2.75) is 4.90 Å². The number of nitrogens with one attached hydrogen (secondary N) is 2. The summed E-state index contributed by atoms with van der Waals surface area (Å²) in [6.07, 6.45) is 2.81. The highest BCUT2D eigenvalue weighted by molar-refractivity contribution is 9.10. The molecule has 0 bridgehead atoms. The van der Waals surface area contributed by atoms with Gasteiger partial charge in [-0.3, -0.25) is 13.9 Å². The number of amides is 1. The minimum atomic E-state index is -3.91. The molecule has 0 aliphatic heterocycles. The van der Waals surface area contributed by atoms with Gasteiger partial charge in [0.05, 0.1) is 10.6 Å². The van der Waals surface area contributed by atoms with E-state index in [9.17, 15) is 18.0 Å². The molecular weight excluding hydrogens is 458 g/mol. The van der Waals surface area contributed by atoms with Crippen LogP contribution in [0, 0.1) is 0 Å². The molecule has 9 heteroatoms. The number of sulfonamides is 1. The van der Waals surface area contributed by atoms with Crippen LogP contribution in [-0.4, -0.2) is 32.9 Å². The lowest BCUT2D eigenvalue weighted by molar-refractivity contribution is 0.0957. The number of H-pyrrole nitrogens is 1. The molecule has 0 aliphatic rings. The molecule has 0 fully saturated rings. The monoisotopic (exact) mass is 475 g/mol. The fourth-order valence-electron chi connectivity index (χ4n) is 2.73. The molecule has 2 N–H and O–H groups in total. The Morgan fingerprint density at radius 1 is 1.24 bits per heavy atom. The smallest absolute Gasteiger partial charge is 0.264 e. The van der Waals surface area contributed by atoms with E-state index in [0.29, 0.717) is 11.2 Å². The summed E-state index contributed by atoms with van der Waals surface area (Å²) in [5.41, 5.74) is 0.249. The largest absolute Gasteiger partial charge is 0.360 e. The molecule has 3 rings (SSSR count). The first kappa shape index (κ1) is 20.8. The molecule has 0 unspecified atom stereocenters. The van der Waals surface area contributed by atoms with Crippen LogP contribution >= 0.6 is 15.9 Å². The Kier molecular flexibility index (Phi) is 5.90. The number of benzene rings is 2. The second-order valence-electron chi connectivity index (χ2n) is 6.19. The molecule has 0 saturated heterocycles. The normalized spacial score (nSPS) is 11.2. The number of hydrogen-bond acceptors (Lipinski definition) is 4. The molecule has 7 nitrogen and oxygen atoms in total. The maximum absolute atomic E-state index is 13.0. The lowest BCUT2D eigenvalue weighted by Gasteiger charge is -2.19. The molecule has 2 aromatic carbocycles. The van der Waals surface area contributed by atoms with Crippen molar-refractivity contribution in [3.8, 4) is 0 Å². The molecule has 150 valence electrons. The zero-order valence-electron chi connectivity index (χ0n) is 15.5. The highest BCUT2D eigenvalue weighted by Gasteiger charge is 2.23. The van der Waals surface area contributed by atoms with E-state index in [4.69, 9.17) is 0 Å². The topological polar surface area (TPSA) is 99.3 Å². The average molecular weight is 476 g/mol. The number of anilines is 1. The Labute approximate surface area is 176 Å². The van der Waals surface area contributed by atoms with Crippen LogP contribution in [-0.2, 0) is 10.0 Å². The van der Waals surface area contributed by atoms with E-state index in [1.54, 1.807) is 24.3 Å². The number of hydrogen-bond donors (Lipinski definition) is 2. The van der Waals surface area contributed by atoms with Gasteiger partial charge in [0.2, 0.25) is 5.43 Å². The van der Waals surface area contributed by atoms with Gasteiger partial charge < -0.3 is 10.3 Å². The number of aromatic nitrogens is 1. The molecule has 0 saturated carbocycles. The fraction of sp³-hybridized carbons (Fsp3) is 0.100. The number of nitrogens with zero attached hydrogens (tertiary/aromatic N) is 1. The lowest BCUT2D eigenvalue weighted by atomic mass is 10.1. The molecule has 0 spiro atoms. The summed E-state index contributed by atoms with van der Waals surface area (Å²) in [6.45, 7) is 3.72. The van der Waals surface area contributed by atoms with Crippen molar-refractivity contribution in [3.05, 3.63) is 81.6 Å². The molecule has 29 heavy (non-hydrogen) atoms. The maximum Gasteiger partial charge on any atom is 0.264 e. The van der Waals surface area contributed by atoms with Crippen LogP contribution in [0.5, 0.6) is 0 Å². The van der Waals surface area contributed by atoms with Crippen molar-refractivity contribution in [2.24, 2.45) is 0 Å². The van der Waals surface area contributed by atoms with Crippen LogP contribution in [0.3, 0.4) is 0 Å². The standard InChI is InChI=1S/C20H18BrN3O4S/c1-3-10-22-20(26)17-12-23-18-9-8-15(11-16(18)19(17)25)29(27,28)24(2)14-6-4-13(21)5-7-14/h3-9,11-12H,1,10H2,2H3,(H,22,26)(H,23,25). The number of pyridine rings is 1. The minimum Gasteiger partial charge on any atom is -0.360 e. The number of carbonyl (C=O) groups excluding carboxylic acids is 1. The van der Waals surface area contributed by atoms with Crippen LogP contribution in [0.25, 0.3) is 10.9 Å². The molecule has 0 aliphatic carbocycles. The van der Waals surface area contributed by atoms with E-state index in [-0.39, 0.29) is 22.4 Å². The van der Waals surface area contributed by atoms with Crippen LogP contribution in [0.4, 0.5) is 5.69 Å². The van der Waals surface area contributed by atoms with Crippen LogP contribution in [0.15, 0.2) is 75.5 Å². The number of rotatable bonds is 6. The first-order valence-electron chi connectivity index (χ1n) is 8.54. The molecule has 1 amide bonds. The summed E-state index contributed by atoms with van der Waals surface area (Å²) in [6, 6.07) is 11.0. The van der Waals surface area contributed by atoms with Gasteiger partial charge in [0, 0.05) is 35.2 Å². The summed E-state index contributed by atoms with van der Waals surface area (Å²) in [5, 5.41) is 2.65. The van der Waals surface area contributed by atoms with E-state index < -0.39 is 21.4 Å². The van der Waals surface area contributed by atoms with E-state index in [1.165, 1.54) is 37.5 Å². The van der Waals surface area contributed by atoms with E-state index in [0.717, 1.165) is 8.78 Å². The summed E-state index contributed by atoms with van der Waals surface area (Å²) >= 11 is 3.31. The Morgan fingerprint density at radius 2 is 1.93 bits per heavy atom. The van der Waals surface area contributed by atoms with Crippen molar-refractivity contribution in [3.63, 3.8) is 0 Å². The van der Waals surface area contributed by atoms with Gasteiger partial charge in [-0.05, 0) is 42.5 Å². The Balaban J connectivity index is 2.06. The predicted octanol–water partition coefficient (Wildman–Crippen LogP) is 3.03. The molecule has 1 heterocycles. The number of halogens is 1. The predicted molar refractivity (Wildman–Crippen MR) is 117 cm³/mol. The van der Waals surface area contributed by atoms with Crippen molar-refractivity contribution in [2.75, 3.05) is 17.9 Å². The molecule has 1 aromatic heterocycles.